The fourth-order valence-corrected chi connectivity index (χ4v) is 4.27. The molecule has 3 amide bonds. The Morgan fingerprint density at radius 2 is 2.15 bits per heavy atom. The molecule has 0 N–H and O–H groups in total. The molecule has 138 valence electrons. The molecule has 0 aliphatic carbocycles. The van der Waals surface area contributed by atoms with Gasteiger partial charge < -0.3 is 9.80 Å². The molecule has 0 aromatic carbocycles. The molecule has 2 fully saturated rings. The Kier molecular flexibility index (Phi) is 4.39. The number of amides is 3. The van der Waals surface area contributed by atoms with Crippen molar-refractivity contribution in [2.75, 3.05) is 38.1 Å². The fraction of sp³-hybridized carbons (Fsp3) is 0.529. The molecule has 26 heavy (non-hydrogen) atoms. The van der Waals surface area contributed by atoms with Gasteiger partial charge in [0.05, 0.1) is 29.4 Å². The molecular formula is C17H22N6O2S. The highest BCUT2D eigenvalue weighted by atomic mass is 32.1. The second kappa shape index (κ2) is 6.71. The molecule has 2 aliphatic heterocycles. The molecule has 0 radical (unpaired) electrons. The van der Waals surface area contributed by atoms with Gasteiger partial charge in [-0.25, -0.2) is 9.78 Å². The second-order valence-corrected chi connectivity index (χ2v) is 8.16. The summed E-state index contributed by atoms with van der Waals surface area (Å²) in [6, 6.07) is 0.166. The minimum atomic E-state index is 0.00706. The van der Waals surface area contributed by atoms with Gasteiger partial charge in [-0.3, -0.25) is 14.4 Å². The van der Waals surface area contributed by atoms with Crippen molar-refractivity contribution in [2.24, 2.45) is 0 Å². The number of hydrogen-bond donors (Lipinski definition) is 0. The van der Waals surface area contributed by atoms with E-state index in [0.717, 1.165) is 35.1 Å². The van der Waals surface area contributed by atoms with Crippen LogP contribution in [0.3, 0.4) is 0 Å². The summed E-state index contributed by atoms with van der Waals surface area (Å²) in [7, 11) is 1.80. The van der Waals surface area contributed by atoms with Crippen LogP contribution in [0.4, 0.5) is 10.5 Å². The summed E-state index contributed by atoms with van der Waals surface area (Å²) in [4.78, 5) is 35.2. The molecule has 0 saturated carbocycles. The number of aromatic nitrogens is 3. The average molecular weight is 374 g/mol. The Hall–Kier alpha value is -2.42. The van der Waals surface area contributed by atoms with Crippen LogP contribution in [0.15, 0.2) is 18.6 Å². The van der Waals surface area contributed by atoms with Gasteiger partial charge in [0.2, 0.25) is 5.91 Å². The number of aryl methyl sites for hydroxylation is 1. The van der Waals surface area contributed by atoms with E-state index in [9.17, 15) is 9.59 Å². The summed E-state index contributed by atoms with van der Waals surface area (Å²) in [6.07, 6.45) is 6.73. The zero-order chi connectivity index (χ0) is 18.3. The van der Waals surface area contributed by atoms with Crippen molar-refractivity contribution in [3.05, 3.63) is 28.5 Å². The number of thiazole rings is 1. The molecule has 4 heterocycles. The lowest BCUT2D eigenvalue weighted by Crippen LogP contribution is -2.30. The number of likely N-dealkylation sites (N-methyl/N-ethyl adjacent to an activating group) is 1. The van der Waals surface area contributed by atoms with E-state index in [1.54, 1.807) is 40.6 Å². The highest BCUT2D eigenvalue weighted by Gasteiger charge is 2.31. The van der Waals surface area contributed by atoms with Crippen molar-refractivity contribution in [1.82, 2.24) is 24.6 Å². The zero-order valence-corrected chi connectivity index (χ0v) is 15.8. The molecule has 2 aromatic rings. The van der Waals surface area contributed by atoms with Gasteiger partial charge in [0, 0.05) is 50.5 Å². The van der Waals surface area contributed by atoms with Crippen molar-refractivity contribution in [3.63, 3.8) is 0 Å². The van der Waals surface area contributed by atoms with Crippen LogP contribution in [0.25, 0.3) is 0 Å². The Balaban J connectivity index is 1.38. The molecule has 1 unspecified atom stereocenters. The lowest BCUT2D eigenvalue weighted by Gasteiger charge is -2.16. The molecule has 0 spiro atoms. The van der Waals surface area contributed by atoms with Crippen molar-refractivity contribution in [2.45, 2.75) is 25.8 Å². The highest BCUT2D eigenvalue weighted by Crippen LogP contribution is 2.26. The minimum absolute atomic E-state index is 0.00706. The van der Waals surface area contributed by atoms with Crippen LogP contribution < -0.4 is 4.90 Å². The van der Waals surface area contributed by atoms with E-state index >= 15 is 0 Å². The van der Waals surface area contributed by atoms with E-state index in [1.165, 1.54) is 0 Å². The molecular weight excluding hydrogens is 352 g/mol. The van der Waals surface area contributed by atoms with Crippen LogP contribution >= 0.6 is 11.3 Å². The van der Waals surface area contributed by atoms with Crippen LogP contribution in [0.2, 0.25) is 0 Å². The third-order valence-electron chi connectivity index (χ3n) is 5.00. The summed E-state index contributed by atoms with van der Waals surface area (Å²) in [5.74, 6) is 0.139. The Morgan fingerprint density at radius 1 is 1.31 bits per heavy atom. The zero-order valence-electron chi connectivity index (χ0n) is 15.0. The monoisotopic (exact) mass is 374 g/mol. The molecule has 2 saturated heterocycles. The molecule has 2 aromatic heterocycles. The Morgan fingerprint density at radius 3 is 2.85 bits per heavy atom. The first-order valence-corrected chi connectivity index (χ1v) is 9.59. The molecule has 8 nitrogen and oxygen atoms in total. The van der Waals surface area contributed by atoms with Gasteiger partial charge in [0.1, 0.15) is 0 Å². The quantitative estimate of drug-likeness (QED) is 0.814. The van der Waals surface area contributed by atoms with Gasteiger partial charge in [-0.05, 0) is 13.3 Å². The van der Waals surface area contributed by atoms with Crippen molar-refractivity contribution in [1.29, 1.82) is 0 Å². The molecule has 1 atom stereocenters. The largest absolute Gasteiger partial charge is 0.340 e. The van der Waals surface area contributed by atoms with E-state index in [-0.39, 0.29) is 18.0 Å². The maximum Gasteiger partial charge on any atom is 0.324 e. The van der Waals surface area contributed by atoms with Crippen molar-refractivity contribution >= 4 is 29.0 Å². The number of carbonyl (C=O) groups is 2. The summed E-state index contributed by atoms with van der Waals surface area (Å²) < 4.78 is 1.89. The number of carbonyl (C=O) groups excluding carboxylic acids is 2. The summed E-state index contributed by atoms with van der Waals surface area (Å²) >= 11 is 1.57. The predicted molar refractivity (Wildman–Crippen MR) is 98.4 cm³/mol. The van der Waals surface area contributed by atoms with E-state index < -0.39 is 0 Å². The van der Waals surface area contributed by atoms with Gasteiger partial charge in [0.25, 0.3) is 0 Å². The number of nitrogens with zero attached hydrogens (tertiary/aromatic N) is 6. The normalized spacial score (nSPS) is 20.5. The predicted octanol–water partition coefficient (Wildman–Crippen LogP) is 1.54. The van der Waals surface area contributed by atoms with E-state index in [4.69, 9.17) is 0 Å². The Bertz CT molecular complexity index is 831. The van der Waals surface area contributed by atoms with E-state index in [0.29, 0.717) is 19.5 Å². The second-order valence-electron chi connectivity index (χ2n) is 6.84. The molecule has 2 aliphatic rings. The number of rotatable bonds is 4. The highest BCUT2D eigenvalue weighted by molar-refractivity contribution is 7.11. The van der Waals surface area contributed by atoms with Crippen LogP contribution in [0.5, 0.6) is 0 Å². The summed E-state index contributed by atoms with van der Waals surface area (Å²) in [6.45, 7) is 4.76. The standard InChI is InChI=1S/C17H22N6O2S/c1-12-18-9-15(26-12)7-16(24)21-4-3-13(10-21)23-11-14(8-19-23)22-6-5-20(2)17(22)25/h8-9,11,13H,3-7,10H2,1-2H3. The third kappa shape index (κ3) is 3.18. The minimum Gasteiger partial charge on any atom is -0.340 e. The first kappa shape index (κ1) is 17.0. The average Bonchev–Trinajstić information content (AvgIpc) is 3.36. The first-order valence-electron chi connectivity index (χ1n) is 8.77. The Labute approximate surface area is 156 Å². The van der Waals surface area contributed by atoms with Crippen LogP contribution in [-0.2, 0) is 11.2 Å². The fourth-order valence-electron chi connectivity index (χ4n) is 3.49. The van der Waals surface area contributed by atoms with Gasteiger partial charge >= 0.3 is 6.03 Å². The van der Waals surface area contributed by atoms with Gasteiger partial charge in [-0.1, -0.05) is 0 Å². The maximum absolute atomic E-state index is 12.5. The SMILES string of the molecule is Cc1ncc(CC(=O)N2CCC(n3cc(N4CCN(C)C4=O)cn3)C2)s1. The van der Waals surface area contributed by atoms with Crippen LogP contribution in [-0.4, -0.2) is 69.7 Å². The molecule has 9 heteroatoms. The number of likely N-dealkylation sites (tertiary alicyclic amines) is 1. The van der Waals surface area contributed by atoms with Gasteiger partial charge in [-0.2, -0.15) is 5.10 Å². The van der Waals surface area contributed by atoms with Gasteiger partial charge in [0.15, 0.2) is 0 Å². The van der Waals surface area contributed by atoms with E-state index in [1.807, 2.05) is 22.7 Å². The van der Waals surface area contributed by atoms with Gasteiger partial charge in [-0.15, -0.1) is 11.3 Å². The third-order valence-corrected chi connectivity index (χ3v) is 5.91. The van der Waals surface area contributed by atoms with E-state index in [2.05, 4.69) is 10.1 Å². The topological polar surface area (TPSA) is 74.6 Å². The molecule has 0 bridgehead atoms. The number of anilines is 1. The van der Waals surface area contributed by atoms with Crippen LogP contribution in [0.1, 0.15) is 22.3 Å². The van der Waals surface area contributed by atoms with Crippen molar-refractivity contribution in [3.8, 4) is 0 Å². The lowest BCUT2D eigenvalue weighted by molar-refractivity contribution is -0.129. The molecule has 4 rings (SSSR count). The summed E-state index contributed by atoms with van der Waals surface area (Å²) in [5, 5.41) is 5.43. The number of hydrogen-bond acceptors (Lipinski definition) is 5. The number of urea groups is 1. The smallest absolute Gasteiger partial charge is 0.324 e. The first-order chi connectivity index (χ1) is 12.5. The maximum atomic E-state index is 12.5. The van der Waals surface area contributed by atoms with Crippen LogP contribution in [0, 0.1) is 6.92 Å². The lowest BCUT2D eigenvalue weighted by atomic mass is 10.3. The summed E-state index contributed by atoms with van der Waals surface area (Å²) in [5.41, 5.74) is 0.823. The van der Waals surface area contributed by atoms with Crippen molar-refractivity contribution < 1.29 is 9.59 Å².